The SMILES string of the molecule is CC(=CCOc1ccc(C2CCCCC2)cc1)[N+](=O)[O-]. The molecule has 1 saturated carbocycles. The van der Waals surface area contributed by atoms with E-state index in [1.807, 2.05) is 12.1 Å². The van der Waals surface area contributed by atoms with E-state index in [-0.39, 0.29) is 12.3 Å². The predicted molar refractivity (Wildman–Crippen MR) is 78.5 cm³/mol. The molecule has 0 aliphatic heterocycles. The summed E-state index contributed by atoms with van der Waals surface area (Å²) in [5.74, 6) is 1.45. The molecule has 1 aromatic carbocycles. The number of ether oxygens (including phenoxy) is 1. The molecule has 0 heterocycles. The summed E-state index contributed by atoms with van der Waals surface area (Å²) in [7, 11) is 0. The van der Waals surface area contributed by atoms with Crippen LogP contribution in [0, 0.1) is 10.1 Å². The Labute approximate surface area is 119 Å². The van der Waals surface area contributed by atoms with Gasteiger partial charge in [0.05, 0.1) is 4.92 Å². The molecule has 0 atom stereocenters. The minimum atomic E-state index is -0.407. The van der Waals surface area contributed by atoms with Gasteiger partial charge >= 0.3 is 0 Å². The molecule has 0 saturated heterocycles. The van der Waals surface area contributed by atoms with Gasteiger partial charge in [-0.1, -0.05) is 31.4 Å². The van der Waals surface area contributed by atoms with Crippen molar-refractivity contribution in [2.75, 3.05) is 6.61 Å². The zero-order chi connectivity index (χ0) is 14.4. The molecule has 1 aliphatic carbocycles. The second-order valence-corrected chi connectivity index (χ2v) is 5.32. The fourth-order valence-electron chi connectivity index (χ4n) is 2.61. The molecule has 0 amide bonds. The molecule has 0 bridgehead atoms. The fraction of sp³-hybridized carbons (Fsp3) is 0.500. The highest BCUT2D eigenvalue weighted by Crippen LogP contribution is 2.33. The molecule has 1 aromatic rings. The Bertz CT molecular complexity index is 473. The normalized spacial score (nSPS) is 16.9. The summed E-state index contributed by atoms with van der Waals surface area (Å²) >= 11 is 0. The quantitative estimate of drug-likeness (QED) is 0.595. The van der Waals surface area contributed by atoms with Gasteiger partial charge < -0.3 is 4.74 Å². The fourth-order valence-corrected chi connectivity index (χ4v) is 2.61. The van der Waals surface area contributed by atoms with E-state index in [9.17, 15) is 10.1 Å². The van der Waals surface area contributed by atoms with Crippen LogP contribution in [0.3, 0.4) is 0 Å². The van der Waals surface area contributed by atoms with Crippen molar-refractivity contribution < 1.29 is 9.66 Å². The van der Waals surface area contributed by atoms with Gasteiger partial charge in [-0.3, -0.25) is 10.1 Å². The summed E-state index contributed by atoms with van der Waals surface area (Å²) in [6, 6.07) is 8.16. The van der Waals surface area contributed by atoms with Gasteiger partial charge in [0.25, 0.3) is 0 Å². The second-order valence-electron chi connectivity index (χ2n) is 5.32. The zero-order valence-electron chi connectivity index (χ0n) is 11.9. The summed E-state index contributed by atoms with van der Waals surface area (Å²) in [6.45, 7) is 1.70. The van der Waals surface area contributed by atoms with Crippen LogP contribution < -0.4 is 4.74 Å². The molecule has 0 spiro atoms. The van der Waals surface area contributed by atoms with Gasteiger partial charge in [0.15, 0.2) is 0 Å². The number of rotatable bonds is 5. The van der Waals surface area contributed by atoms with Crippen LogP contribution in [-0.2, 0) is 0 Å². The molecule has 108 valence electrons. The third-order valence-electron chi connectivity index (χ3n) is 3.87. The molecule has 4 nitrogen and oxygen atoms in total. The van der Waals surface area contributed by atoms with E-state index < -0.39 is 4.92 Å². The molecular formula is C16H21NO3. The Balaban J connectivity index is 1.88. The Morgan fingerprint density at radius 1 is 1.30 bits per heavy atom. The molecular weight excluding hydrogens is 254 g/mol. The van der Waals surface area contributed by atoms with Gasteiger partial charge in [-0.05, 0) is 36.5 Å². The van der Waals surface area contributed by atoms with Crippen molar-refractivity contribution in [3.63, 3.8) is 0 Å². The highest BCUT2D eigenvalue weighted by molar-refractivity contribution is 5.29. The van der Waals surface area contributed by atoms with Crippen LogP contribution in [0.1, 0.15) is 50.5 Å². The third kappa shape index (κ3) is 4.08. The molecule has 0 aromatic heterocycles. The van der Waals surface area contributed by atoms with Gasteiger partial charge in [-0.25, -0.2) is 0 Å². The second kappa shape index (κ2) is 7.08. The largest absolute Gasteiger partial charge is 0.489 e. The van der Waals surface area contributed by atoms with E-state index in [0.717, 1.165) is 5.75 Å². The number of nitro groups is 1. The minimum Gasteiger partial charge on any atom is -0.489 e. The zero-order valence-corrected chi connectivity index (χ0v) is 11.9. The van der Waals surface area contributed by atoms with E-state index in [2.05, 4.69) is 12.1 Å². The van der Waals surface area contributed by atoms with Crippen LogP contribution in [0.5, 0.6) is 5.75 Å². The molecule has 0 N–H and O–H groups in total. The standard InChI is InChI=1S/C16H21NO3/c1-13(17(18)19)11-12-20-16-9-7-15(8-10-16)14-5-3-2-4-6-14/h7-11,14H,2-6,12H2,1H3. The number of allylic oxidation sites excluding steroid dienone is 1. The molecule has 4 heteroatoms. The predicted octanol–water partition coefficient (Wildman–Crippen LogP) is 4.29. The van der Waals surface area contributed by atoms with Crippen molar-refractivity contribution in [1.29, 1.82) is 0 Å². The average Bonchev–Trinajstić information content (AvgIpc) is 2.48. The van der Waals surface area contributed by atoms with Gasteiger partial charge in [0.2, 0.25) is 5.70 Å². The highest BCUT2D eigenvalue weighted by Gasteiger charge is 2.15. The van der Waals surface area contributed by atoms with Gasteiger partial charge in [-0.15, -0.1) is 0 Å². The highest BCUT2D eigenvalue weighted by atomic mass is 16.6. The molecule has 2 rings (SSSR count). The summed E-state index contributed by atoms with van der Waals surface area (Å²) in [5, 5.41) is 10.4. The van der Waals surface area contributed by atoms with E-state index in [1.54, 1.807) is 0 Å². The first kappa shape index (κ1) is 14.6. The van der Waals surface area contributed by atoms with Crippen LogP contribution in [0.15, 0.2) is 36.0 Å². The molecule has 20 heavy (non-hydrogen) atoms. The number of benzene rings is 1. The maximum Gasteiger partial charge on any atom is 0.242 e. The molecule has 1 aliphatic rings. The Hall–Kier alpha value is -1.84. The van der Waals surface area contributed by atoms with Crippen molar-refractivity contribution in [2.24, 2.45) is 0 Å². The van der Waals surface area contributed by atoms with Crippen LogP contribution in [0.2, 0.25) is 0 Å². The Morgan fingerprint density at radius 2 is 1.95 bits per heavy atom. The van der Waals surface area contributed by atoms with Crippen LogP contribution in [-0.4, -0.2) is 11.5 Å². The van der Waals surface area contributed by atoms with Gasteiger partial charge in [0.1, 0.15) is 12.4 Å². The van der Waals surface area contributed by atoms with Crippen molar-refractivity contribution in [2.45, 2.75) is 44.9 Å². The van der Waals surface area contributed by atoms with Crippen LogP contribution >= 0.6 is 0 Å². The van der Waals surface area contributed by atoms with Crippen molar-refractivity contribution in [3.8, 4) is 5.75 Å². The van der Waals surface area contributed by atoms with E-state index in [1.165, 1.54) is 50.7 Å². The van der Waals surface area contributed by atoms with Gasteiger partial charge in [0, 0.05) is 13.0 Å². The Kier molecular flexibility index (Phi) is 5.16. The monoisotopic (exact) mass is 275 g/mol. The van der Waals surface area contributed by atoms with E-state index in [0.29, 0.717) is 5.92 Å². The lowest BCUT2D eigenvalue weighted by Gasteiger charge is -2.22. The first-order chi connectivity index (χ1) is 9.66. The number of nitrogens with zero attached hydrogens (tertiary/aromatic N) is 1. The molecule has 0 unspecified atom stereocenters. The van der Waals surface area contributed by atoms with E-state index >= 15 is 0 Å². The van der Waals surface area contributed by atoms with Crippen molar-refractivity contribution in [3.05, 3.63) is 51.7 Å². The van der Waals surface area contributed by atoms with Crippen molar-refractivity contribution in [1.82, 2.24) is 0 Å². The lowest BCUT2D eigenvalue weighted by molar-refractivity contribution is -0.424. The summed E-state index contributed by atoms with van der Waals surface area (Å²) in [4.78, 5) is 10.0. The summed E-state index contributed by atoms with van der Waals surface area (Å²) < 4.78 is 5.49. The maximum absolute atomic E-state index is 10.4. The number of hydrogen-bond acceptors (Lipinski definition) is 3. The van der Waals surface area contributed by atoms with E-state index in [4.69, 9.17) is 4.74 Å². The Morgan fingerprint density at radius 3 is 2.55 bits per heavy atom. The molecule has 1 fully saturated rings. The minimum absolute atomic E-state index is 0.115. The lowest BCUT2D eigenvalue weighted by Crippen LogP contribution is -2.04. The summed E-state index contributed by atoms with van der Waals surface area (Å²) in [5.41, 5.74) is 1.50. The maximum atomic E-state index is 10.4. The topological polar surface area (TPSA) is 52.4 Å². The van der Waals surface area contributed by atoms with Gasteiger partial charge in [-0.2, -0.15) is 0 Å². The van der Waals surface area contributed by atoms with Crippen molar-refractivity contribution >= 4 is 0 Å². The molecule has 0 radical (unpaired) electrons. The third-order valence-corrected chi connectivity index (χ3v) is 3.87. The first-order valence-electron chi connectivity index (χ1n) is 7.21. The first-order valence-corrected chi connectivity index (χ1v) is 7.21. The van der Waals surface area contributed by atoms with Crippen LogP contribution in [0.4, 0.5) is 0 Å². The smallest absolute Gasteiger partial charge is 0.242 e. The summed E-state index contributed by atoms with van der Waals surface area (Å²) in [6.07, 6.45) is 8.06. The number of hydrogen-bond donors (Lipinski definition) is 0. The van der Waals surface area contributed by atoms with Crippen LogP contribution in [0.25, 0.3) is 0 Å². The average molecular weight is 275 g/mol. The lowest BCUT2D eigenvalue weighted by atomic mass is 9.84.